The van der Waals surface area contributed by atoms with Crippen LogP contribution in [-0.2, 0) is 4.79 Å². The van der Waals surface area contributed by atoms with Crippen LogP contribution >= 0.6 is 15.9 Å². The van der Waals surface area contributed by atoms with E-state index in [1.54, 1.807) is 0 Å². The number of amides is 1. The van der Waals surface area contributed by atoms with Gasteiger partial charge in [-0.25, -0.2) is 4.39 Å². The number of benzene rings is 1. The Balaban J connectivity index is 3.05. The molecule has 4 nitrogen and oxygen atoms in total. The van der Waals surface area contributed by atoms with Crippen LogP contribution in [0.1, 0.15) is 12.5 Å². The van der Waals surface area contributed by atoms with Crippen LogP contribution in [0.15, 0.2) is 16.6 Å². The van der Waals surface area contributed by atoms with Crippen molar-refractivity contribution in [1.82, 2.24) is 0 Å². The summed E-state index contributed by atoms with van der Waals surface area (Å²) in [5.41, 5.74) is 5.35. The Morgan fingerprint density at radius 1 is 1.69 bits per heavy atom. The van der Waals surface area contributed by atoms with Crippen molar-refractivity contribution in [3.8, 4) is 6.07 Å². The van der Waals surface area contributed by atoms with Gasteiger partial charge in [0.05, 0.1) is 15.7 Å². The van der Waals surface area contributed by atoms with E-state index < -0.39 is 17.8 Å². The van der Waals surface area contributed by atoms with E-state index in [0.29, 0.717) is 0 Å². The molecule has 0 heterocycles. The molecule has 3 N–H and O–H groups in total. The van der Waals surface area contributed by atoms with Gasteiger partial charge < -0.3 is 11.1 Å². The Morgan fingerprint density at radius 2 is 2.31 bits per heavy atom. The van der Waals surface area contributed by atoms with Crippen molar-refractivity contribution in [1.29, 1.82) is 5.26 Å². The molecule has 84 valence electrons. The molecule has 0 aliphatic rings. The molecule has 0 aromatic heterocycles. The van der Waals surface area contributed by atoms with E-state index in [2.05, 4.69) is 21.2 Å². The minimum Gasteiger partial charge on any atom is -0.371 e. The number of nitrogens with one attached hydrogen (secondary N) is 1. The summed E-state index contributed by atoms with van der Waals surface area (Å²) < 4.78 is 13.7. The Bertz CT molecular complexity index is 470. The summed E-state index contributed by atoms with van der Waals surface area (Å²) in [5, 5.41) is 11.3. The first-order valence-electron chi connectivity index (χ1n) is 4.41. The highest BCUT2D eigenvalue weighted by Crippen LogP contribution is 2.26. The second-order valence-corrected chi connectivity index (χ2v) is 3.96. The van der Waals surface area contributed by atoms with Gasteiger partial charge in [0.15, 0.2) is 5.82 Å². The molecule has 0 aliphatic heterocycles. The average Bonchev–Trinajstić information content (AvgIpc) is 2.25. The highest BCUT2D eigenvalue weighted by atomic mass is 79.9. The molecule has 1 rings (SSSR count). The summed E-state index contributed by atoms with van der Waals surface area (Å²) in [6, 6.07) is 3.98. The number of nitrogens with zero attached hydrogens (tertiary/aromatic N) is 1. The Labute approximate surface area is 100 Å². The number of rotatable bonds is 3. The van der Waals surface area contributed by atoms with Crippen LogP contribution in [0.2, 0.25) is 0 Å². The third-order valence-corrected chi connectivity index (χ3v) is 2.78. The number of carbonyl (C=O) groups excluding carboxylic acids is 1. The number of carbonyl (C=O) groups is 1. The quantitative estimate of drug-likeness (QED) is 0.888. The molecule has 1 amide bonds. The zero-order chi connectivity index (χ0) is 12.3. The van der Waals surface area contributed by atoms with Gasteiger partial charge in [0.2, 0.25) is 5.91 Å². The molecule has 0 saturated carbocycles. The molecule has 0 aliphatic carbocycles. The summed E-state index contributed by atoms with van der Waals surface area (Å²) in [6.07, 6.45) is 0. The third-order valence-electron chi connectivity index (χ3n) is 2.00. The van der Waals surface area contributed by atoms with Crippen molar-refractivity contribution >= 4 is 27.5 Å². The minimum atomic E-state index is -0.686. The van der Waals surface area contributed by atoms with Gasteiger partial charge >= 0.3 is 0 Å². The fourth-order valence-electron chi connectivity index (χ4n) is 1.05. The lowest BCUT2D eigenvalue weighted by atomic mass is 10.2. The number of hydrogen-bond donors (Lipinski definition) is 2. The highest BCUT2D eigenvalue weighted by molar-refractivity contribution is 9.10. The fourth-order valence-corrected chi connectivity index (χ4v) is 1.49. The van der Waals surface area contributed by atoms with Gasteiger partial charge in [-0.05, 0) is 35.0 Å². The fraction of sp³-hybridized carbons (Fsp3) is 0.200. The van der Waals surface area contributed by atoms with E-state index in [-0.39, 0.29) is 15.7 Å². The third kappa shape index (κ3) is 2.49. The van der Waals surface area contributed by atoms with Crippen molar-refractivity contribution in [2.45, 2.75) is 13.0 Å². The van der Waals surface area contributed by atoms with Crippen molar-refractivity contribution in [2.75, 3.05) is 5.32 Å². The maximum absolute atomic E-state index is 13.7. The number of primary amides is 1. The normalized spacial score (nSPS) is 11.6. The van der Waals surface area contributed by atoms with Gasteiger partial charge in [-0.1, -0.05) is 0 Å². The predicted molar refractivity (Wildman–Crippen MR) is 61.1 cm³/mol. The summed E-state index contributed by atoms with van der Waals surface area (Å²) in [4.78, 5) is 10.8. The first-order valence-corrected chi connectivity index (χ1v) is 5.20. The molecule has 0 saturated heterocycles. The Morgan fingerprint density at radius 3 is 2.81 bits per heavy atom. The number of nitriles is 1. The maximum Gasteiger partial charge on any atom is 0.239 e. The molecule has 0 fully saturated rings. The van der Waals surface area contributed by atoms with Crippen LogP contribution in [-0.4, -0.2) is 11.9 Å². The van der Waals surface area contributed by atoms with Gasteiger partial charge in [0, 0.05) is 0 Å². The summed E-state index contributed by atoms with van der Waals surface area (Å²) >= 11 is 2.96. The SMILES string of the molecule is CC(Nc1ccc(C#N)c(Br)c1F)C(N)=O. The minimum absolute atomic E-state index is 0.0664. The molecule has 1 unspecified atom stereocenters. The van der Waals surface area contributed by atoms with Gasteiger partial charge in [-0.15, -0.1) is 0 Å². The molecule has 1 atom stereocenters. The van der Waals surface area contributed by atoms with E-state index >= 15 is 0 Å². The second kappa shape index (κ2) is 4.94. The van der Waals surface area contributed by atoms with Gasteiger partial charge in [0.25, 0.3) is 0 Å². The summed E-state index contributed by atoms with van der Waals surface area (Å²) in [7, 11) is 0. The predicted octanol–water partition coefficient (Wildman–Crippen LogP) is 1.75. The number of nitrogens with two attached hydrogens (primary N) is 1. The van der Waals surface area contributed by atoms with Gasteiger partial charge in [0.1, 0.15) is 12.1 Å². The molecule has 0 radical (unpaired) electrons. The lowest BCUT2D eigenvalue weighted by molar-refractivity contribution is -0.118. The number of hydrogen-bond acceptors (Lipinski definition) is 3. The van der Waals surface area contributed by atoms with Crippen molar-refractivity contribution < 1.29 is 9.18 Å². The zero-order valence-electron chi connectivity index (χ0n) is 8.42. The summed E-state index contributed by atoms with van der Waals surface area (Å²) in [6.45, 7) is 1.52. The van der Waals surface area contributed by atoms with Crippen molar-refractivity contribution in [2.24, 2.45) is 5.73 Å². The smallest absolute Gasteiger partial charge is 0.239 e. The molecule has 16 heavy (non-hydrogen) atoms. The molecule has 0 bridgehead atoms. The number of anilines is 1. The average molecular weight is 286 g/mol. The van der Waals surface area contributed by atoms with E-state index in [4.69, 9.17) is 11.0 Å². The molecular formula is C10H9BrFN3O. The first-order chi connectivity index (χ1) is 7.47. The Hall–Kier alpha value is -1.61. The molecular weight excluding hydrogens is 277 g/mol. The van der Waals surface area contributed by atoms with Crippen LogP contribution in [0.3, 0.4) is 0 Å². The van der Waals surface area contributed by atoms with E-state index in [9.17, 15) is 9.18 Å². The zero-order valence-corrected chi connectivity index (χ0v) is 10.0. The molecule has 1 aromatic rings. The van der Waals surface area contributed by atoms with Crippen molar-refractivity contribution in [3.05, 3.63) is 28.0 Å². The van der Waals surface area contributed by atoms with Gasteiger partial charge in [-0.3, -0.25) is 4.79 Å². The standard InChI is InChI=1S/C10H9BrFN3O/c1-5(10(14)16)15-7-3-2-6(4-13)8(11)9(7)12/h2-3,5,15H,1H3,(H2,14,16). The van der Waals surface area contributed by atoms with Crippen LogP contribution in [0.25, 0.3) is 0 Å². The number of halogens is 2. The molecule has 6 heteroatoms. The maximum atomic E-state index is 13.7. The van der Waals surface area contributed by atoms with Crippen LogP contribution in [0.4, 0.5) is 10.1 Å². The highest BCUT2D eigenvalue weighted by Gasteiger charge is 2.14. The summed E-state index contributed by atoms with van der Waals surface area (Å²) in [5.74, 6) is -1.20. The van der Waals surface area contributed by atoms with Crippen molar-refractivity contribution in [3.63, 3.8) is 0 Å². The largest absolute Gasteiger partial charge is 0.371 e. The van der Waals surface area contributed by atoms with E-state index in [0.717, 1.165) is 0 Å². The topological polar surface area (TPSA) is 78.9 Å². The monoisotopic (exact) mass is 285 g/mol. The van der Waals surface area contributed by atoms with Crippen LogP contribution < -0.4 is 11.1 Å². The second-order valence-electron chi connectivity index (χ2n) is 3.17. The van der Waals surface area contributed by atoms with E-state index in [1.165, 1.54) is 19.1 Å². The lowest BCUT2D eigenvalue weighted by Gasteiger charge is -2.13. The lowest BCUT2D eigenvalue weighted by Crippen LogP contribution is -2.32. The molecule has 1 aromatic carbocycles. The first kappa shape index (κ1) is 12.5. The molecule has 0 spiro atoms. The van der Waals surface area contributed by atoms with Crippen LogP contribution in [0.5, 0.6) is 0 Å². The Kier molecular flexibility index (Phi) is 3.85. The van der Waals surface area contributed by atoms with E-state index in [1.807, 2.05) is 6.07 Å². The van der Waals surface area contributed by atoms with Crippen LogP contribution in [0, 0.1) is 17.1 Å². The van der Waals surface area contributed by atoms with Gasteiger partial charge in [-0.2, -0.15) is 5.26 Å².